The number of rotatable bonds is 5. The van der Waals surface area contributed by atoms with Crippen LogP contribution in [0.5, 0.6) is 0 Å². The highest BCUT2D eigenvalue weighted by molar-refractivity contribution is 7.21. The summed E-state index contributed by atoms with van der Waals surface area (Å²) in [5.41, 5.74) is 3.69. The van der Waals surface area contributed by atoms with Gasteiger partial charge >= 0.3 is 0 Å². The lowest BCUT2D eigenvalue weighted by Crippen LogP contribution is -2.51. The average Bonchev–Trinajstić information content (AvgIpc) is 3.63. The van der Waals surface area contributed by atoms with E-state index in [2.05, 4.69) is 19.1 Å². The van der Waals surface area contributed by atoms with E-state index in [-0.39, 0.29) is 36.1 Å². The zero-order chi connectivity index (χ0) is 24.8. The Labute approximate surface area is 215 Å². The SMILES string of the molecule is Cc1ccc2nc(-c3ccc(N4C(=O)CC(N(C(=O)C5CC5)C5CCCCCC5)C4=O)cc3)sc2c1. The van der Waals surface area contributed by atoms with Gasteiger partial charge in [0.25, 0.3) is 5.91 Å². The fourth-order valence-corrected chi connectivity index (χ4v) is 6.75. The average molecular weight is 502 g/mol. The molecule has 2 saturated carbocycles. The van der Waals surface area contributed by atoms with Crippen molar-refractivity contribution in [2.45, 2.75) is 76.8 Å². The third-order valence-electron chi connectivity index (χ3n) is 7.77. The maximum atomic E-state index is 13.6. The lowest BCUT2D eigenvalue weighted by Gasteiger charge is -2.35. The third-order valence-corrected chi connectivity index (χ3v) is 8.84. The number of aryl methyl sites for hydroxylation is 1. The van der Waals surface area contributed by atoms with Gasteiger partial charge in [-0.05, 0) is 74.6 Å². The summed E-state index contributed by atoms with van der Waals surface area (Å²) >= 11 is 1.63. The zero-order valence-corrected chi connectivity index (χ0v) is 21.4. The Morgan fingerprint density at radius 2 is 1.69 bits per heavy atom. The van der Waals surface area contributed by atoms with E-state index in [0.717, 1.165) is 59.3 Å². The Morgan fingerprint density at radius 3 is 2.39 bits per heavy atom. The largest absolute Gasteiger partial charge is 0.327 e. The first-order valence-electron chi connectivity index (χ1n) is 13.2. The van der Waals surface area contributed by atoms with Gasteiger partial charge in [0.15, 0.2) is 0 Å². The molecule has 1 unspecified atom stereocenters. The van der Waals surface area contributed by atoms with Crippen LogP contribution in [0.2, 0.25) is 0 Å². The number of hydrogen-bond donors (Lipinski definition) is 0. The number of benzene rings is 2. The molecular weight excluding hydrogens is 470 g/mol. The Kier molecular flexibility index (Phi) is 6.12. The minimum absolute atomic E-state index is 0.0297. The van der Waals surface area contributed by atoms with Crippen LogP contribution in [0.3, 0.4) is 0 Å². The predicted molar refractivity (Wildman–Crippen MR) is 142 cm³/mol. The highest BCUT2D eigenvalue weighted by atomic mass is 32.1. The molecule has 0 bridgehead atoms. The number of hydrogen-bond acceptors (Lipinski definition) is 5. The van der Waals surface area contributed by atoms with E-state index in [9.17, 15) is 14.4 Å². The van der Waals surface area contributed by atoms with Crippen LogP contribution in [-0.2, 0) is 14.4 Å². The number of fused-ring (bicyclic) bond motifs is 1. The van der Waals surface area contributed by atoms with E-state index in [4.69, 9.17) is 4.98 Å². The summed E-state index contributed by atoms with van der Waals surface area (Å²) < 4.78 is 1.14. The fourth-order valence-electron chi connectivity index (χ4n) is 5.68. The summed E-state index contributed by atoms with van der Waals surface area (Å²) in [6, 6.07) is 13.1. The number of anilines is 1. The zero-order valence-electron chi connectivity index (χ0n) is 20.6. The molecular formula is C29H31N3O3S. The summed E-state index contributed by atoms with van der Waals surface area (Å²) in [6.07, 6.45) is 8.21. The van der Waals surface area contributed by atoms with Crippen LogP contribution in [-0.4, -0.2) is 39.7 Å². The van der Waals surface area contributed by atoms with Gasteiger partial charge in [0.1, 0.15) is 11.0 Å². The van der Waals surface area contributed by atoms with Crippen LogP contribution in [0.25, 0.3) is 20.8 Å². The summed E-state index contributed by atoms with van der Waals surface area (Å²) in [5.74, 6) is -0.379. The minimum Gasteiger partial charge on any atom is -0.327 e. The van der Waals surface area contributed by atoms with Crippen molar-refractivity contribution >= 4 is 45.0 Å². The number of thiazole rings is 1. The lowest BCUT2D eigenvalue weighted by atomic mass is 10.0. The normalized spacial score (nSPS) is 21.2. The molecule has 7 heteroatoms. The highest BCUT2D eigenvalue weighted by Gasteiger charge is 2.48. The molecule has 0 N–H and O–H groups in total. The molecule has 2 aromatic carbocycles. The lowest BCUT2D eigenvalue weighted by molar-refractivity contribution is -0.142. The van der Waals surface area contributed by atoms with Gasteiger partial charge in [-0.1, -0.05) is 31.7 Å². The molecule has 0 spiro atoms. The second kappa shape index (κ2) is 9.43. The summed E-state index contributed by atoms with van der Waals surface area (Å²) in [4.78, 5) is 48.0. The molecule has 3 aliphatic rings. The van der Waals surface area contributed by atoms with Gasteiger partial charge in [0.2, 0.25) is 11.8 Å². The van der Waals surface area contributed by atoms with Crippen molar-refractivity contribution in [3.8, 4) is 10.6 Å². The fraction of sp³-hybridized carbons (Fsp3) is 0.448. The minimum atomic E-state index is -0.680. The van der Waals surface area contributed by atoms with Gasteiger partial charge in [-0.15, -0.1) is 11.3 Å². The Hall–Kier alpha value is -3.06. The first-order valence-corrected chi connectivity index (χ1v) is 14.0. The molecule has 0 radical (unpaired) electrons. The molecule has 1 saturated heterocycles. The quantitative estimate of drug-likeness (QED) is 0.324. The highest BCUT2D eigenvalue weighted by Crippen LogP contribution is 2.38. The summed E-state index contributed by atoms with van der Waals surface area (Å²) in [5, 5.41) is 0.911. The van der Waals surface area contributed by atoms with Gasteiger partial charge in [0, 0.05) is 17.5 Å². The third kappa shape index (κ3) is 4.34. The van der Waals surface area contributed by atoms with E-state index in [1.807, 2.05) is 35.2 Å². The monoisotopic (exact) mass is 501 g/mol. The van der Waals surface area contributed by atoms with Gasteiger partial charge in [0.05, 0.1) is 22.3 Å². The molecule has 2 heterocycles. The van der Waals surface area contributed by atoms with Crippen LogP contribution in [0.15, 0.2) is 42.5 Å². The molecule has 3 fully saturated rings. The number of carbonyl (C=O) groups excluding carboxylic acids is 3. The van der Waals surface area contributed by atoms with Gasteiger partial charge in [-0.2, -0.15) is 0 Å². The number of nitrogens with zero attached hydrogens (tertiary/aromatic N) is 3. The van der Waals surface area contributed by atoms with Crippen molar-refractivity contribution in [3.05, 3.63) is 48.0 Å². The van der Waals surface area contributed by atoms with E-state index < -0.39 is 6.04 Å². The Bertz CT molecular complexity index is 1320. The molecule has 2 aliphatic carbocycles. The Balaban J connectivity index is 1.25. The van der Waals surface area contributed by atoms with Crippen LogP contribution in [0.1, 0.15) is 63.4 Å². The number of aromatic nitrogens is 1. The van der Waals surface area contributed by atoms with Crippen molar-refractivity contribution in [2.24, 2.45) is 5.92 Å². The maximum absolute atomic E-state index is 13.6. The van der Waals surface area contributed by atoms with Crippen LogP contribution < -0.4 is 4.90 Å². The first-order chi connectivity index (χ1) is 17.5. The molecule has 6 rings (SSSR count). The van der Waals surface area contributed by atoms with E-state index in [1.165, 1.54) is 23.3 Å². The maximum Gasteiger partial charge on any atom is 0.257 e. The molecule has 1 atom stereocenters. The number of amides is 3. The molecule has 186 valence electrons. The number of imide groups is 1. The molecule has 6 nitrogen and oxygen atoms in total. The van der Waals surface area contributed by atoms with Crippen molar-refractivity contribution in [1.82, 2.24) is 9.88 Å². The van der Waals surface area contributed by atoms with Crippen LogP contribution in [0, 0.1) is 12.8 Å². The molecule has 1 aromatic heterocycles. The smallest absolute Gasteiger partial charge is 0.257 e. The van der Waals surface area contributed by atoms with E-state index >= 15 is 0 Å². The molecule has 1 aliphatic heterocycles. The van der Waals surface area contributed by atoms with Gasteiger partial charge in [-0.3, -0.25) is 14.4 Å². The summed E-state index contributed by atoms with van der Waals surface area (Å²) in [7, 11) is 0. The topological polar surface area (TPSA) is 70.6 Å². The van der Waals surface area contributed by atoms with Crippen molar-refractivity contribution < 1.29 is 14.4 Å². The van der Waals surface area contributed by atoms with E-state index in [1.54, 1.807) is 11.3 Å². The molecule has 3 amide bonds. The Morgan fingerprint density at radius 1 is 0.972 bits per heavy atom. The van der Waals surface area contributed by atoms with Crippen molar-refractivity contribution in [1.29, 1.82) is 0 Å². The van der Waals surface area contributed by atoms with E-state index in [0.29, 0.717) is 5.69 Å². The van der Waals surface area contributed by atoms with Crippen molar-refractivity contribution in [3.63, 3.8) is 0 Å². The second-order valence-electron chi connectivity index (χ2n) is 10.5. The van der Waals surface area contributed by atoms with Crippen LogP contribution in [0.4, 0.5) is 5.69 Å². The van der Waals surface area contributed by atoms with Gasteiger partial charge < -0.3 is 4.90 Å². The number of carbonyl (C=O) groups is 3. The second-order valence-corrected chi connectivity index (χ2v) is 11.5. The first kappa shape index (κ1) is 23.3. The predicted octanol–water partition coefficient (Wildman–Crippen LogP) is 5.87. The standard InChI is InChI=1S/C29H31N3O3S/c1-18-8-15-23-25(16-18)36-27(30-23)19-11-13-22(14-12-19)32-26(33)17-24(29(32)35)31(28(34)20-9-10-20)21-6-4-2-3-5-7-21/h8,11-16,20-21,24H,2-7,9-10,17H2,1H3. The van der Waals surface area contributed by atoms with Gasteiger partial charge in [-0.25, -0.2) is 9.88 Å². The molecule has 3 aromatic rings. The summed E-state index contributed by atoms with van der Waals surface area (Å²) in [6.45, 7) is 2.07. The van der Waals surface area contributed by atoms with Crippen molar-refractivity contribution in [2.75, 3.05) is 4.90 Å². The van der Waals surface area contributed by atoms with Crippen LogP contribution >= 0.6 is 11.3 Å². The molecule has 36 heavy (non-hydrogen) atoms.